The molecule has 1 N–H and O–H groups in total. The largest absolute Gasteiger partial charge is 0.394 e. The molecule has 1 aromatic heterocycles. The maximum Gasteiger partial charge on any atom is 0.313 e. The molecule has 7 nitrogen and oxygen atoms in total. The molecule has 1 unspecified atom stereocenters. The van der Waals surface area contributed by atoms with E-state index in [2.05, 4.69) is 4.98 Å². The van der Waals surface area contributed by atoms with Gasteiger partial charge in [0.05, 0.1) is 35.8 Å². The van der Waals surface area contributed by atoms with Gasteiger partial charge in [0.2, 0.25) is 5.82 Å². The number of nitro groups is 1. The molecule has 0 aliphatic carbocycles. The number of ether oxygens (including phenoxy) is 1. The molecule has 0 bridgehead atoms. The van der Waals surface area contributed by atoms with Crippen molar-refractivity contribution in [3.63, 3.8) is 0 Å². The third kappa shape index (κ3) is 2.53. The van der Waals surface area contributed by atoms with Gasteiger partial charge in [-0.15, -0.1) is 0 Å². The van der Waals surface area contributed by atoms with E-state index in [4.69, 9.17) is 16.3 Å². The van der Waals surface area contributed by atoms with Crippen LogP contribution < -0.4 is 4.90 Å². The van der Waals surface area contributed by atoms with Crippen molar-refractivity contribution in [3.8, 4) is 0 Å². The van der Waals surface area contributed by atoms with Crippen molar-refractivity contribution < 1.29 is 14.8 Å². The Morgan fingerprint density at radius 2 is 2.50 bits per heavy atom. The van der Waals surface area contributed by atoms with Crippen LogP contribution in [0, 0.1) is 10.1 Å². The summed E-state index contributed by atoms with van der Waals surface area (Å²) in [6.45, 7) is 1.05. The fraction of sp³-hybridized carbons (Fsp3) is 0.500. The van der Waals surface area contributed by atoms with Gasteiger partial charge in [-0.3, -0.25) is 10.1 Å². The lowest BCUT2D eigenvalue weighted by atomic mass is 10.2. The van der Waals surface area contributed by atoms with E-state index in [0.717, 1.165) is 0 Å². The van der Waals surface area contributed by atoms with Crippen LogP contribution in [0.5, 0.6) is 0 Å². The molecule has 8 heteroatoms. The van der Waals surface area contributed by atoms with Crippen molar-refractivity contribution in [2.75, 3.05) is 31.3 Å². The van der Waals surface area contributed by atoms with Crippen LogP contribution in [0.1, 0.15) is 0 Å². The zero-order valence-electron chi connectivity index (χ0n) is 9.45. The molecule has 1 aromatic rings. The number of anilines is 1. The lowest BCUT2D eigenvalue weighted by Crippen LogP contribution is -2.48. The lowest BCUT2D eigenvalue weighted by Gasteiger charge is -2.34. The van der Waals surface area contributed by atoms with Crippen LogP contribution in [-0.2, 0) is 4.74 Å². The summed E-state index contributed by atoms with van der Waals surface area (Å²) < 4.78 is 5.22. The first kappa shape index (κ1) is 13.0. The summed E-state index contributed by atoms with van der Waals surface area (Å²) in [7, 11) is 0. The molecule has 18 heavy (non-hydrogen) atoms. The van der Waals surface area contributed by atoms with Gasteiger partial charge >= 0.3 is 5.69 Å². The summed E-state index contributed by atoms with van der Waals surface area (Å²) in [6.07, 6.45) is 1.35. The number of aliphatic hydroxyl groups is 1. The molecule has 1 aliphatic rings. The Hall–Kier alpha value is -1.44. The second-order valence-electron chi connectivity index (χ2n) is 3.86. The van der Waals surface area contributed by atoms with Crippen LogP contribution in [0.2, 0.25) is 5.02 Å². The van der Waals surface area contributed by atoms with Crippen molar-refractivity contribution in [1.29, 1.82) is 0 Å². The molecule has 2 rings (SSSR count). The van der Waals surface area contributed by atoms with E-state index in [0.29, 0.717) is 19.8 Å². The molecule has 2 heterocycles. The molecule has 0 saturated carbocycles. The van der Waals surface area contributed by atoms with Gasteiger partial charge in [0.25, 0.3) is 0 Å². The van der Waals surface area contributed by atoms with Crippen LogP contribution in [0.4, 0.5) is 11.5 Å². The van der Waals surface area contributed by atoms with Crippen LogP contribution in [0.3, 0.4) is 0 Å². The number of aromatic nitrogens is 1. The first-order valence-electron chi connectivity index (χ1n) is 5.38. The van der Waals surface area contributed by atoms with Crippen LogP contribution in [-0.4, -0.2) is 47.4 Å². The molecule has 1 saturated heterocycles. The van der Waals surface area contributed by atoms with E-state index < -0.39 is 4.92 Å². The zero-order chi connectivity index (χ0) is 13.1. The van der Waals surface area contributed by atoms with Gasteiger partial charge < -0.3 is 14.7 Å². The molecule has 0 radical (unpaired) electrons. The van der Waals surface area contributed by atoms with Gasteiger partial charge in [0.15, 0.2) is 0 Å². The molecule has 98 valence electrons. The third-order valence-electron chi connectivity index (χ3n) is 2.72. The van der Waals surface area contributed by atoms with Gasteiger partial charge in [-0.25, -0.2) is 4.98 Å². The van der Waals surface area contributed by atoms with Crippen LogP contribution in [0.25, 0.3) is 0 Å². The smallest absolute Gasteiger partial charge is 0.313 e. The SMILES string of the molecule is O=[N+]([O-])c1cc(Cl)cnc1N1CCOCC1CO. The van der Waals surface area contributed by atoms with E-state index in [1.54, 1.807) is 4.90 Å². The summed E-state index contributed by atoms with van der Waals surface area (Å²) >= 11 is 5.71. The van der Waals surface area contributed by atoms with Crippen molar-refractivity contribution in [1.82, 2.24) is 4.98 Å². The number of rotatable bonds is 3. The number of aliphatic hydroxyl groups excluding tert-OH is 1. The summed E-state index contributed by atoms with van der Waals surface area (Å²) in [4.78, 5) is 16.2. The number of pyridine rings is 1. The van der Waals surface area contributed by atoms with Crippen molar-refractivity contribution in [2.45, 2.75) is 6.04 Å². The predicted molar refractivity (Wildman–Crippen MR) is 64.9 cm³/mol. The molecule has 1 atom stereocenters. The lowest BCUT2D eigenvalue weighted by molar-refractivity contribution is -0.384. The Morgan fingerprint density at radius 1 is 1.72 bits per heavy atom. The average Bonchev–Trinajstić information content (AvgIpc) is 2.38. The topological polar surface area (TPSA) is 88.7 Å². The second kappa shape index (κ2) is 5.47. The number of halogens is 1. The summed E-state index contributed by atoms with van der Waals surface area (Å²) in [6, 6.07) is 0.930. The van der Waals surface area contributed by atoms with Gasteiger partial charge in [0, 0.05) is 18.8 Å². The minimum atomic E-state index is -0.530. The fourth-order valence-electron chi connectivity index (χ4n) is 1.86. The van der Waals surface area contributed by atoms with Gasteiger partial charge in [0.1, 0.15) is 0 Å². The van der Waals surface area contributed by atoms with E-state index >= 15 is 0 Å². The average molecular weight is 274 g/mol. The number of hydrogen-bond acceptors (Lipinski definition) is 6. The molecular formula is C10H12ClN3O4. The van der Waals surface area contributed by atoms with E-state index in [-0.39, 0.29) is 29.2 Å². The molecule has 0 amide bonds. The summed E-state index contributed by atoms with van der Waals surface area (Å²) in [5, 5.41) is 20.5. The van der Waals surface area contributed by atoms with E-state index in [1.165, 1.54) is 12.3 Å². The van der Waals surface area contributed by atoms with E-state index in [9.17, 15) is 15.2 Å². The molecule has 0 spiro atoms. The standard InChI is InChI=1S/C10H12ClN3O4/c11-7-3-9(14(16)17)10(12-4-7)13-1-2-18-6-8(13)5-15/h3-4,8,15H,1-2,5-6H2. The second-order valence-corrected chi connectivity index (χ2v) is 4.29. The highest BCUT2D eigenvalue weighted by Crippen LogP contribution is 2.30. The normalized spacial score (nSPS) is 19.9. The van der Waals surface area contributed by atoms with Crippen LogP contribution >= 0.6 is 11.6 Å². The number of hydrogen-bond donors (Lipinski definition) is 1. The molecular weight excluding hydrogens is 262 g/mol. The monoisotopic (exact) mass is 273 g/mol. The Labute approximate surface area is 108 Å². The highest BCUT2D eigenvalue weighted by Gasteiger charge is 2.29. The Bertz CT molecular complexity index is 457. The summed E-state index contributed by atoms with van der Waals surface area (Å²) in [5.41, 5.74) is -0.164. The summed E-state index contributed by atoms with van der Waals surface area (Å²) in [5.74, 6) is 0.215. The Morgan fingerprint density at radius 3 is 3.17 bits per heavy atom. The Balaban J connectivity index is 2.39. The Kier molecular flexibility index (Phi) is 3.95. The highest BCUT2D eigenvalue weighted by atomic mass is 35.5. The number of nitrogens with zero attached hydrogens (tertiary/aromatic N) is 3. The van der Waals surface area contributed by atoms with Crippen molar-refractivity contribution in [3.05, 3.63) is 27.4 Å². The van der Waals surface area contributed by atoms with Crippen molar-refractivity contribution >= 4 is 23.1 Å². The minimum absolute atomic E-state index is 0.151. The van der Waals surface area contributed by atoms with Gasteiger partial charge in [-0.1, -0.05) is 11.6 Å². The van der Waals surface area contributed by atoms with Gasteiger partial charge in [-0.05, 0) is 0 Å². The van der Waals surface area contributed by atoms with Crippen LogP contribution in [0.15, 0.2) is 12.3 Å². The minimum Gasteiger partial charge on any atom is -0.394 e. The maximum atomic E-state index is 11.0. The molecule has 1 aliphatic heterocycles. The van der Waals surface area contributed by atoms with E-state index in [1.807, 2.05) is 0 Å². The predicted octanol–water partition coefficient (Wildman–Crippen LogP) is 0.841. The first-order chi connectivity index (χ1) is 8.63. The van der Waals surface area contributed by atoms with Crippen molar-refractivity contribution in [2.24, 2.45) is 0 Å². The zero-order valence-corrected chi connectivity index (χ0v) is 10.2. The van der Waals surface area contributed by atoms with Gasteiger partial charge in [-0.2, -0.15) is 0 Å². The first-order valence-corrected chi connectivity index (χ1v) is 5.76. The third-order valence-corrected chi connectivity index (χ3v) is 2.93. The molecule has 1 fully saturated rings. The fourth-order valence-corrected chi connectivity index (χ4v) is 2.01. The number of morpholine rings is 1. The molecule has 0 aromatic carbocycles. The quantitative estimate of drug-likeness (QED) is 0.648. The highest BCUT2D eigenvalue weighted by molar-refractivity contribution is 6.30. The maximum absolute atomic E-state index is 11.0.